The van der Waals surface area contributed by atoms with Crippen molar-refractivity contribution in [3.8, 4) is 17.1 Å². The zero-order valence-electron chi connectivity index (χ0n) is 13.4. The Morgan fingerprint density at radius 2 is 2.00 bits per heavy atom. The van der Waals surface area contributed by atoms with Gasteiger partial charge in [0.1, 0.15) is 6.33 Å². The molecule has 4 aromatic rings. The Kier molecular flexibility index (Phi) is 4.17. The van der Waals surface area contributed by atoms with E-state index in [0.29, 0.717) is 17.1 Å². The highest BCUT2D eigenvalue weighted by molar-refractivity contribution is 5.90. The molecule has 9 nitrogen and oxygen atoms in total. The van der Waals surface area contributed by atoms with Gasteiger partial charge in [-0.1, -0.05) is 41.6 Å². The van der Waals surface area contributed by atoms with Crippen molar-refractivity contribution in [2.45, 2.75) is 6.61 Å². The van der Waals surface area contributed by atoms with Crippen LogP contribution in [0.25, 0.3) is 17.1 Å². The number of hydrogen-bond donors (Lipinski definition) is 0. The zero-order chi connectivity index (χ0) is 17.8. The summed E-state index contributed by atoms with van der Waals surface area (Å²) < 4.78 is 11.8. The highest BCUT2D eigenvalue weighted by Gasteiger charge is 2.13. The summed E-state index contributed by atoms with van der Waals surface area (Å²) >= 11 is 0. The summed E-state index contributed by atoms with van der Waals surface area (Å²) in [5.74, 6) is 0.144. The fourth-order valence-corrected chi connectivity index (χ4v) is 2.28. The predicted octanol–water partition coefficient (Wildman–Crippen LogP) is 2.07. The normalized spacial score (nSPS) is 10.6. The number of rotatable bonds is 5. The second kappa shape index (κ2) is 6.93. The minimum absolute atomic E-state index is 0.117. The first-order chi connectivity index (χ1) is 12.8. The third kappa shape index (κ3) is 3.31. The highest BCUT2D eigenvalue weighted by atomic mass is 16.6. The molecule has 128 valence electrons. The molecule has 0 radical (unpaired) electrons. The van der Waals surface area contributed by atoms with E-state index >= 15 is 0 Å². The lowest BCUT2D eigenvalue weighted by atomic mass is 10.2. The van der Waals surface area contributed by atoms with E-state index in [1.54, 1.807) is 24.3 Å². The lowest BCUT2D eigenvalue weighted by Gasteiger charge is -2.04. The van der Waals surface area contributed by atoms with Gasteiger partial charge in [0.05, 0.1) is 11.3 Å². The molecule has 0 saturated heterocycles. The molecule has 0 spiro atoms. The maximum atomic E-state index is 12.2. The third-order valence-electron chi connectivity index (χ3n) is 3.52. The summed E-state index contributed by atoms with van der Waals surface area (Å²) in [6.45, 7) is -0.117. The molecule has 0 unspecified atom stereocenters. The first-order valence-electron chi connectivity index (χ1n) is 7.68. The lowest BCUT2D eigenvalue weighted by molar-refractivity contribution is 0.0430. The van der Waals surface area contributed by atoms with Gasteiger partial charge in [0.15, 0.2) is 6.61 Å². The first kappa shape index (κ1) is 15.6. The van der Waals surface area contributed by atoms with E-state index in [1.165, 1.54) is 11.0 Å². The maximum Gasteiger partial charge on any atom is 0.338 e. The quantitative estimate of drug-likeness (QED) is 0.504. The van der Waals surface area contributed by atoms with Crippen LogP contribution in [-0.2, 0) is 11.3 Å². The number of aromatic nitrogens is 6. The minimum atomic E-state index is -0.514. The summed E-state index contributed by atoms with van der Waals surface area (Å²) in [6.07, 6.45) is 1.44. The van der Waals surface area contributed by atoms with Crippen molar-refractivity contribution in [2.24, 2.45) is 0 Å². The van der Waals surface area contributed by atoms with Gasteiger partial charge < -0.3 is 9.26 Å². The summed E-state index contributed by atoms with van der Waals surface area (Å²) in [6, 6.07) is 16.1. The molecule has 26 heavy (non-hydrogen) atoms. The standard InChI is InChI=1S/C17H12N6O3/c24-17(13-7-4-8-14(9-13)23-11-18-21-22-23)25-10-15-19-16(20-26-15)12-5-2-1-3-6-12/h1-9,11H,10H2. The third-order valence-corrected chi connectivity index (χ3v) is 3.52. The van der Waals surface area contributed by atoms with Gasteiger partial charge in [-0.15, -0.1) is 5.10 Å². The van der Waals surface area contributed by atoms with Crippen LogP contribution in [0.4, 0.5) is 0 Å². The number of carbonyl (C=O) groups is 1. The Bertz CT molecular complexity index is 1010. The molecule has 0 aliphatic heterocycles. The van der Waals surface area contributed by atoms with Crippen LogP contribution in [0, 0.1) is 0 Å². The SMILES string of the molecule is O=C(OCc1nc(-c2ccccc2)no1)c1cccc(-n2cnnn2)c1. The van der Waals surface area contributed by atoms with E-state index in [4.69, 9.17) is 9.26 Å². The molecular weight excluding hydrogens is 336 g/mol. The van der Waals surface area contributed by atoms with Crippen molar-refractivity contribution < 1.29 is 14.1 Å². The molecule has 2 aromatic heterocycles. The lowest BCUT2D eigenvalue weighted by Crippen LogP contribution is -2.06. The molecule has 2 aromatic carbocycles. The average molecular weight is 348 g/mol. The van der Waals surface area contributed by atoms with Gasteiger partial charge in [-0.05, 0) is 28.6 Å². The van der Waals surface area contributed by atoms with Crippen LogP contribution in [0.3, 0.4) is 0 Å². The smallest absolute Gasteiger partial charge is 0.338 e. The van der Waals surface area contributed by atoms with E-state index < -0.39 is 5.97 Å². The van der Waals surface area contributed by atoms with E-state index in [0.717, 1.165) is 5.56 Å². The number of hydrogen-bond acceptors (Lipinski definition) is 8. The van der Waals surface area contributed by atoms with Crippen molar-refractivity contribution >= 4 is 5.97 Å². The van der Waals surface area contributed by atoms with Gasteiger partial charge in [-0.3, -0.25) is 0 Å². The molecule has 2 heterocycles. The van der Waals surface area contributed by atoms with Crippen molar-refractivity contribution in [3.05, 3.63) is 72.4 Å². The van der Waals surface area contributed by atoms with Gasteiger partial charge in [0.2, 0.25) is 5.82 Å². The highest BCUT2D eigenvalue weighted by Crippen LogP contribution is 2.16. The summed E-state index contributed by atoms with van der Waals surface area (Å²) in [5.41, 5.74) is 1.83. The van der Waals surface area contributed by atoms with Crippen LogP contribution < -0.4 is 0 Å². The van der Waals surface area contributed by atoms with Crippen molar-refractivity contribution in [3.63, 3.8) is 0 Å². The second-order valence-corrected chi connectivity index (χ2v) is 5.26. The van der Waals surface area contributed by atoms with Crippen LogP contribution >= 0.6 is 0 Å². The van der Waals surface area contributed by atoms with E-state index in [9.17, 15) is 4.79 Å². The molecule has 0 atom stereocenters. The van der Waals surface area contributed by atoms with E-state index in [1.807, 2.05) is 30.3 Å². The van der Waals surface area contributed by atoms with Crippen molar-refractivity contribution in [2.75, 3.05) is 0 Å². The Balaban J connectivity index is 1.43. The van der Waals surface area contributed by atoms with E-state index in [-0.39, 0.29) is 12.5 Å². The van der Waals surface area contributed by atoms with E-state index in [2.05, 4.69) is 25.7 Å². The number of ether oxygens (including phenoxy) is 1. The number of tetrazole rings is 1. The van der Waals surface area contributed by atoms with Crippen molar-refractivity contribution in [1.29, 1.82) is 0 Å². The number of nitrogens with zero attached hydrogens (tertiary/aromatic N) is 6. The largest absolute Gasteiger partial charge is 0.452 e. The number of benzene rings is 2. The van der Waals surface area contributed by atoms with Crippen LogP contribution in [-0.4, -0.2) is 36.3 Å². The predicted molar refractivity (Wildman–Crippen MR) is 88.0 cm³/mol. The topological polar surface area (TPSA) is 109 Å². The molecule has 9 heteroatoms. The molecule has 0 bridgehead atoms. The Hall–Kier alpha value is -3.88. The van der Waals surface area contributed by atoms with Crippen molar-refractivity contribution in [1.82, 2.24) is 30.3 Å². The number of carbonyl (C=O) groups excluding carboxylic acids is 1. The molecule has 0 saturated carbocycles. The van der Waals surface area contributed by atoms with Gasteiger partial charge in [0.25, 0.3) is 5.89 Å². The molecule has 0 aliphatic carbocycles. The Morgan fingerprint density at radius 3 is 2.81 bits per heavy atom. The zero-order valence-corrected chi connectivity index (χ0v) is 13.4. The fraction of sp³-hybridized carbons (Fsp3) is 0.0588. The van der Waals surface area contributed by atoms with Crippen LogP contribution in [0.1, 0.15) is 16.2 Å². The molecule has 0 aliphatic rings. The monoisotopic (exact) mass is 348 g/mol. The Labute approximate surface area is 147 Å². The van der Waals surface area contributed by atoms with Gasteiger partial charge in [0, 0.05) is 5.56 Å². The van der Waals surface area contributed by atoms with Crippen LogP contribution in [0.5, 0.6) is 0 Å². The summed E-state index contributed by atoms with van der Waals surface area (Å²) in [4.78, 5) is 16.5. The van der Waals surface area contributed by atoms with Crippen LogP contribution in [0.15, 0.2) is 65.4 Å². The number of esters is 1. The molecule has 0 N–H and O–H groups in total. The summed E-state index contributed by atoms with van der Waals surface area (Å²) in [7, 11) is 0. The minimum Gasteiger partial charge on any atom is -0.452 e. The Morgan fingerprint density at radius 1 is 1.12 bits per heavy atom. The van der Waals surface area contributed by atoms with Crippen LogP contribution in [0.2, 0.25) is 0 Å². The molecule has 0 fully saturated rings. The summed E-state index contributed by atoms with van der Waals surface area (Å²) in [5, 5.41) is 14.8. The fourth-order valence-electron chi connectivity index (χ4n) is 2.28. The molecular formula is C17H12N6O3. The van der Waals surface area contributed by atoms with Gasteiger partial charge in [-0.2, -0.15) is 4.98 Å². The molecule has 4 rings (SSSR count). The second-order valence-electron chi connectivity index (χ2n) is 5.26. The maximum absolute atomic E-state index is 12.2. The van der Waals surface area contributed by atoms with Gasteiger partial charge >= 0.3 is 5.97 Å². The first-order valence-corrected chi connectivity index (χ1v) is 7.68. The molecule has 0 amide bonds. The average Bonchev–Trinajstić information content (AvgIpc) is 3.39. The van der Waals surface area contributed by atoms with Gasteiger partial charge in [-0.25, -0.2) is 9.48 Å².